The van der Waals surface area contributed by atoms with Gasteiger partial charge in [-0.3, -0.25) is 0 Å². The molecule has 0 radical (unpaired) electrons. The van der Waals surface area contributed by atoms with E-state index in [1.807, 2.05) is 0 Å². The second kappa shape index (κ2) is 5.83. The van der Waals surface area contributed by atoms with Gasteiger partial charge in [0.05, 0.1) is 6.42 Å². The van der Waals surface area contributed by atoms with Gasteiger partial charge in [-0.2, -0.15) is 13.2 Å². The summed E-state index contributed by atoms with van der Waals surface area (Å²) in [6.45, 7) is 1.03. The third-order valence-corrected chi connectivity index (χ3v) is 3.87. The lowest BCUT2D eigenvalue weighted by molar-refractivity contribution is -0.132. The summed E-state index contributed by atoms with van der Waals surface area (Å²) in [7, 11) is -4.16. The van der Waals surface area contributed by atoms with Gasteiger partial charge in [0.25, 0.3) is 0 Å². The first-order valence-electron chi connectivity index (χ1n) is 5.56. The second-order valence-electron chi connectivity index (χ2n) is 3.92. The van der Waals surface area contributed by atoms with Gasteiger partial charge < -0.3 is 9.67 Å². The molecule has 10 heteroatoms. The number of aryl methyl sites for hydroxylation is 1. The quantitative estimate of drug-likeness (QED) is 0.831. The van der Waals surface area contributed by atoms with Gasteiger partial charge in [-0.15, -0.1) is 0 Å². The highest BCUT2D eigenvalue weighted by molar-refractivity contribution is 7.89. The van der Waals surface area contributed by atoms with Crippen molar-refractivity contribution in [1.82, 2.24) is 9.29 Å². The van der Waals surface area contributed by atoms with Crippen LogP contribution >= 0.6 is 0 Å². The third-order valence-electron chi connectivity index (χ3n) is 2.44. The Balaban J connectivity index is 2.90. The van der Waals surface area contributed by atoms with Gasteiger partial charge in [0.1, 0.15) is 10.6 Å². The zero-order valence-electron chi connectivity index (χ0n) is 10.4. The van der Waals surface area contributed by atoms with Gasteiger partial charge in [-0.1, -0.05) is 0 Å². The number of hydrogen-bond acceptors (Lipinski definition) is 3. The van der Waals surface area contributed by atoms with Gasteiger partial charge in [0.2, 0.25) is 10.0 Å². The smallest absolute Gasteiger partial charge is 0.390 e. The van der Waals surface area contributed by atoms with Crippen LogP contribution in [0.1, 0.15) is 23.8 Å². The van der Waals surface area contributed by atoms with Crippen molar-refractivity contribution < 1.29 is 31.5 Å². The maximum Gasteiger partial charge on any atom is 0.390 e. The summed E-state index contributed by atoms with van der Waals surface area (Å²) in [6.07, 6.45) is -4.70. The number of nitrogens with one attached hydrogen (secondary N) is 1. The maximum absolute atomic E-state index is 11.9. The van der Waals surface area contributed by atoms with Gasteiger partial charge in [0.15, 0.2) is 0 Å². The number of carboxylic acid groups (broad SMARTS) is 1. The Morgan fingerprint density at radius 3 is 2.45 bits per heavy atom. The van der Waals surface area contributed by atoms with Crippen molar-refractivity contribution in [2.45, 2.75) is 31.0 Å². The van der Waals surface area contributed by atoms with Gasteiger partial charge in [-0.25, -0.2) is 17.9 Å². The molecular formula is C10H13F3N2O4S. The fraction of sp³-hybridized carbons (Fsp3) is 0.500. The molecule has 6 nitrogen and oxygen atoms in total. The summed E-state index contributed by atoms with van der Waals surface area (Å²) in [4.78, 5) is 10.5. The highest BCUT2D eigenvalue weighted by Crippen LogP contribution is 2.19. The summed E-state index contributed by atoms with van der Waals surface area (Å²) in [5, 5.41) is 8.87. The molecular weight excluding hydrogens is 301 g/mol. The summed E-state index contributed by atoms with van der Waals surface area (Å²) in [5.41, 5.74) is -0.247. The predicted octanol–water partition coefficient (Wildman–Crippen LogP) is 1.44. The molecule has 0 aliphatic heterocycles. The van der Waals surface area contributed by atoms with E-state index in [0.29, 0.717) is 0 Å². The van der Waals surface area contributed by atoms with Crippen LogP contribution in [0.2, 0.25) is 0 Å². The van der Waals surface area contributed by atoms with Crippen LogP contribution in [0.4, 0.5) is 13.2 Å². The van der Waals surface area contributed by atoms with E-state index in [1.54, 1.807) is 11.6 Å². The van der Waals surface area contributed by atoms with Crippen LogP contribution in [0.25, 0.3) is 0 Å². The highest BCUT2D eigenvalue weighted by atomic mass is 32.2. The zero-order chi connectivity index (χ0) is 15.6. The molecule has 0 spiro atoms. The molecule has 20 heavy (non-hydrogen) atoms. The lowest BCUT2D eigenvalue weighted by atomic mass is 10.4. The Kier molecular flexibility index (Phi) is 4.81. The van der Waals surface area contributed by atoms with Gasteiger partial charge in [-0.05, 0) is 13.0 Å². The van der Waals surface area contributed by atoms with Crippen LogP contribution < -0.4 is 4.72 Å². The van der Waals surface area contributed by atoms with Crippen LogP contribution in [0, 0.1) is 0 Å². The molecule has 0 bridgehead atoms. The molecule has 1 rings (SSSR count). The van der Waals surface area contributed by atoms with E-state index in [-0.39, 0.29) is 17.1 Å². The predicted molar refractivity (Wildman–Crippen MR) is 62.9 cm³/mol. The van der Waals surface area contributed by atoms with Crippen LogP contribution in [0.15, 0.2) is 17.2 Å². The monoisotopic (exact) mass is 314 g/mol. The average Bonchev–Trinajstić information content (AvgIpc) is 2.71. The van der Waals surface area contributed by atoms with E-state index in [2.05, 4.69) is 0 Å². The Hall–Kier alpha value is -1.55. The number of sulfonamides is 1. The van der Waals surface area contributed by atoms with E-state index < -0.39 is 35.1 Å². The second-order valence-corrected chi connectivity index (χ2v) is 5.68. The molecule has 0 aromatic carbocycles. The summed E-state index contributed by atoms with van der Waals surface area (Å²) >= 11 is 0. The van der Waals surface area contributed by atoms with Crippen molar-refractivity contribution in [1.29, 1.82) is 0 Å². The minimum Gasteiger partial charge on any atom is -0.477 e. The number of carbonyl (C=O) groups is 1. The molecule has 0 amide bonds. The number of nitrogens with zero attached hydrogens (tertiary/aromatic N) is 1. The lowest BCUT2D eigenvalue weighted by Gasteiger charge is -2.07. The first-order chi connectivity index (χ1) is 9.07. The molecule has 0 unspecified atom stereocenters. The minimum atomic E-state index is -4.47. The number of rotatable bonds is 6. The number of aromatic nitrogens is 1. The van der Waals surface area contributed by atoms with Crippen molar-refractivity contribution in [2.75, 3.05) is 6.54 Å². The van der Waals surface area contributed by atoms with Crippen molar-refractivity contribution >= 4 is 16.0 Å². The van der Waals surface area contributed by atoms with E-state index in [1.165, 1.54) is 4.57 Å². The minimum absolute atomic E-state index is 0.222. The first kappa shape index (κ1) is 16.5. The first-order valence-corrected chi connectivity index (χ1v) is 7.05. The maximum atomic E-state index is 11.9. The van der Waals surface area contributed by atoms with Crippen molar-refractivity contribution in [3.05, 3.63) is 18.0 Å². The van der Waals surface area contributed by atoms with Crippen LogP contribution in [-0.2, 0) is 16.6 Å². The molecule has 0 aliphatic carbocycles. The molecule has 0 atom stereocenters. The van der Waals surface area contributed by atoms with Crippen LogP contribution in [0.5, 0.6) is 0 Å². The molecule has 0 saturated heterocycles. The normalized spacial score (nSPS) is 12.6. The topological polar surface area (TPSA) is 88.4 Å². The van der Waals surface area contributed by atoms with E-state index in [0.717, 1.165) is 12.3 Å². The number of aromatic carboxylic acids is 1. The fourth-order valence-electron chi connectivity index (χ4n) is 1.48. The van der Waals surface area contributed by atoms with E-state index in [4.69, 9.17) is 5.11 Å². The van der Waals surface area contributed by atoms with Crippen molar-refractivity contribution in [2.24, 2.45) is 0 Å². The van der Waals surface area contributed by atoms with Crippen molar-refractivity contribution in [3.63, 3.8) is 0 Å². The van der Waals surface area contributed by atoms with Crippen molar-refractivity contribution in [3.8, 4) is 0 Å². The molecule has 1 heterocycles. The number of carboxylic acids is 1. The third kappa shape index (κ3) is 4.23. The Morgan fingerprint density at radius 1 is 1.45 bits per heavy atom. The van der Waals surface area contributed by atoms with E-state index >= 15 is 0 Å². The fourth-order valence-corrected chi connectivity index (χ4v) is 2.55. The molecule has 0 aliphatic rings. The molecule has 0 saturated carbocycles. The molecule has 0 fully saturated rings. The number of alkyl halides is 3. The SMILES string of the molecule is CCn1cc(S(=O)(=O)NCCC(F)(F)F)cc1C(=O)O. The number of hydrogen-bond donors (Lipinski definition) is 2. The summed E-state index contributed by atoms with van der Waals surface area (Å²) in [6, 6.07) is 0.905. The molecule has 1 aromatic heterocycles. The summed E-state index contributed by atoms with van der Waals surface area (Å²) in [5.74, 6) is -1.32. The largest absolute Gasteiger partial charge is 0.477 e. The Bertz CT molecular complexity index is 592. The van der Waals surface area contributed by atoms with Crippen LogP contribution in [0.3, 0.4) is 0 Å². The highest BCUT2D eigenvalue weighted by Gasteiger charge is 2.28. The van der Waals surface area contributed by atoms with Crippen LogP contribution in [-0.4, -0.2) is 36.8 Å². The Labute approximate surface area is 113 Å². The Morgan fingerprint density at radius 2 is 2.05 bits per heavy atom. The van der Waals surface area contributed by atoms with Gasteiger partial charge in [0, 0.05) is 19.3 Å². The van der Waals surface area contributed by atoms with E-state index in [9.17, 15) is 26.4 Å². The summed E-state index contributed by atoms with van der Waals surface area (Å²) < 4.78 is 62.3. The zero-order valence-corrected chi connectivity index (χ0v) is 11.3. The number of halogens is 3. The molecule has 1 aromatic rings. The molecule has 2 N–H and O–H groups in total. The average molecular weight is 314 g/mol. The van der Waals surface area contributed by atoms with Gasteiger partial charge >= 0.3 is 12.1 Å². The molecule has 114 valence electrons. The standard InChI is InChI=1S/C10H13F3N2O4S/c1-2-15-6-7(5-8(15)9(16)17)20(18,19)14-4-3-10(11,12)13/h5-6,14H,2-4H2,1H3,(H,16,17). The lowest BCUT2D eigenvalue weighted by Crippen LogP contribution is -2.27.